The maximum Gasteiger partial charge on any atom is 0.129 e. The zero-order valence-electron chi connectivity index (χ0n) is 8.82. The van der Waals surface area contributed by atoms with Gasteiger partial charge in [0.25, 0.3) is 0 Å². The average Bonchev–Trinajstić information content (AvgIpc) is 2.82. The molecule has 0 radical (unpaired) electrons. The van der Waals surface area contributed by atoms with E-state index < -0.39 is 12.5 Å². The Morgan fingerprint density at radius 2 is 2.07 bits per heavy atom. The summed E-state index contributed by atoms with van der Waals surface area (Å²) >= 11 is 0. The van der Waals surface area contributed by atoms with Gasteiger partial charge in [0, 0.05) is 11.1 Å². The SMILES string of the molecule is Cc1cc(CC2(N)CC2)cc(F)c1CF. The van der Waals surface area contributed by atoms with E-state index in [1.54, 1.807) is 6.92 Å². The number of halogens is 2. The summed E-state index contributed by atoms with van der Waals surface area (Å²) < 4.78 is 25.9. The summed E-state index contributed by atoms with van der Waals surface area (Å²) in [4.78, 5) is 0. The van der Waals surface area contributed by atoms with Gasteiger partial charge in [-0.3, -0.25) is 0 Å². The summed E-state index contributed by atoms with van der Waals surface area (Å²) in [5.41, 5.74) is 7.55. The van der Waals surface area contributed by atoms with Gasteiger partial charge in [-0.25, -0.2) is 8.78 Å². The Balaban J connectivity index is 2.26. The lowest BCUT2D eigenvalue weighted by molar-refractivity contribution is 0.461. The lowest BCUT2D eigenvalue weighted by Crippen LogP contribution is -2.24. The fraction of sp³-hybridized carbons (Fsp3) is 0.500. The highest BCUT2D eigenvalue weighted by molar-refractivity contribution is 5.33. The number of alkyl halides is 1. The molecule has 1 aromatic carbocycles. The van der Waals surface area contributed by atoms with Gasteiger partial charge in [0.05, 0.1) is 0 Å². The van der Waals surface area contributed by atoms with Crippen molar-refractivity contribution in [1.82, 2.24) is 0 Å². The van der Waals surface area contributed by atoms with Crippen LogP contribution in [0.25, 0.3) is 0 Å². The molecule has 1 aliphatic rings. The maximum absolute atomic E-state index is 13.4. The van der Waals surface area contributed by atoms with Gasteiger partial charge in [-0.15, -0.1) is 0 Å². The second-order valence-corrected chi connectivity index (χ2v) is 4.55. The van der Waals surface area contributed by atoms with Crippen molar-refractivity contribution in [1.29, 1.82) is 0 Å². The molecule has 15 heavy (non-hydrogen) atoms. The lowest BCUT2D eigenvalue weighted by atomic mass is 9.99. The number of benzene rings is 1. The first kappa shape index (κ1) is 10.6. The van der Waals surface area contributed by atoms with Gasteiger partial charge in [-0.2, -0.15) is 0 Å². The molecule has 1 fully saturated rings. The second kappa shape index (κ2) is 3.56. The van der Waals surface area contributed by atoms with Crippen molar-refractivity contribution in [3.63, 3.8) is 0 Å². The minimum absolute atomic E-state index is 0.129. The van der Waals surface area contributed by atoms with Gasteiger partial charge < -0.3 is 5.73 Å². The quantitative estimate of drug-likeness (QED) is 0.817. The minimum Gasteiger partial charge on any atom is -0.325 e. The molecule has 1 aromatic rings. The van der Waals surface area contributed by atoms with Gasteiger partial charge in [0.15, 0.2) is 0 Å². The standard InChI is InChI=1S/C12H15F2N/c1-8-4-9(6-12(15)2-3-12)5-11(14)10(8)7-13/h4-5H,2-3,6-7,15H2,1H3. The summed E-state index contributed by atoms with van der Waals surface area (Å²) in [7, 11) is 0. The zero-order valence-corrected chi connectivity index (χ0v) is 8.82. The summed E-state index contributed by atoms with van der Waals surface area (Å²) in [6.07, 6.45) is 2.69. The molecule has 0 atom stereocenters. The monoisotopic (exact) mass is 211 g/mol. The normalized spacial score (nSPS) is 17.9. The average molecular weight is 211 g/mol. The number of nitrogens with two attached hydrogens (primary N) is 1. The zero-order chi connectivity index (χ0) is 11.1. The number of hydrogen-bond donors (Lipinski definition) is 1. The van der Waals surface area contributed by atoms with E-state index in [2.05, 4.69) is 0 Å². The van der Waals surface area contributed by atoms with Crippen molar-refractivity contribution < 1.29 is 8.78 Å². The van der Waals surface area contributed by atoms with Crippen LogP contribution in [0.15, 0.2) is 12.1 Å². The van der Waals surface area contributed by atoms with Crippen LogP contribution in [-0.2, 0) is 13.1 Å². The molecule has 1 aliphatic carbocycles. The number of aryl methyl sites for hydroxylation is 1. The van der Waals surface area contributed by atoms with Crippen molar-refractivity contribution in [2.45, 2.75) is 38.4 Å². The molecular weight excluding hydrogens is 196 g/mol. The van der Waals surface area contributed by atoms with E-state index in [9.17, 15) is 8.78 Å². The molecule has 3 heteroatoms. The van der Waals surface area contributed by atoms with Crippen LogP contribution in [0.1, 0.15) is 29.5 Å². The predicted molar refractivity (Wildman–Crippen MR) is 55.8 cm³/mol. The van der Waals surface area contributed by atoms with Crippen LogP contribution in [-0.4, -0.2) is 5.54 Å². The van der Waals surface area contributed by atoms with Crippen molar-refractivity contribution in [3.05, 3.63) is 34.6 Å². The molecule has 2 rings (SSSR count). The molecule has 82 valence electrons. The highest BCUT2D eigenvalue weighted by Gasteiger charge is 2.38. The molecule has 0 unspecified atom stereocenters. The molecule has 0 amide bonds. The highest BCUT2D eigenvalue weighted by Crippen LogP contribution is 2.36. The summed E-state index contributed by atoms with van der Waals surface area (Å²) in [6, 6.07) is 3.25. The predicted octanol–water partition coefficient (Wildman–Crippen LogP) is 2.64. The van der Waals surface area contributed by atoms with Crippen LogP contribution in [0.4, 0.5) is 8.78 Å². The third-order valence-corrected chi connectivity index (χ3v) is 3.06. The molecule has 0 saturated heterocycles. The Bertz CT molecular complexity index is 360. The number of hydrogen-bond acceptors (Lipinski definition) is 1. The van der Waals surface area contributed by atoms with Crippen molar-refractivity contribution in [2.24, 2.45) is 5.73 Å². The first-order valence-corrected chi connectivity index (χ1v) is 5.17. The first-order chi connectivity index (χ1) is 7.04. The van der Waals surface area contributed by atoms with E-state index >= 15 is 0 Å². The first-order valence-electron chi connectivity index (χ1n) is 5.17. The summed E-state index contributed by atoms with van der Waals surface area (Å²) in [5, 5.41) is 0. The second-order valence-electron chi connectivity index (χ2n) is 4.55. The van der Waals surface area contributed by atoms with E-state index in [1.807, 2.05) is 6.07 Å². The molecule has 0 aromatic heterocycles. The third-order valence-electron chi connectivity index (χ3n) is 3.06. The Hall–Kier alpha value is -0.960. The van der Waals surface area contributed by atoms with Crippen LogP contribution in [0.2, 0.25) is 0 Å². The van der Waals surface area contributed by atoms with Crippen LogP contribution < -0.4 is 5.73 Å². The fourth-order valence-electron chi connectivity index (χ4n) is 1.86. The Labute approximate surface area is 88.3 Å². The lowest BCUT2D eigenvalue weighted by Gasteiger charge is -2.11. The smallest absolute Gasteiger partial charge is 0.129 e. The van der Waals surface area contributed by atoms with Crippen LogP contribution in [0.3, 0.4) is 0 Å². The topological polar surface area (TPSA) is 26.0 Å². The van der Waals surface area contributed by atoms with E-state index in [-0.39, 0.29) is 11.1 Å². The van der Waals surface area contributed by atoms with Gasteiger partial charge in [-0.05, 0) is 43.4 Å². The molecule has 0 aliphatic heterocycles. The van der Waals surface area contributed by atoms with Crippen LogP contribution in [0, 0.1) is 12.7 Å². The van der Waals surface area contributed by atoms with Crippen LogP contribution >= 0.6 is 0 Å². The summed E-state index contributed by atoms with van der Waals surface area (Å²) in [6.45, 7) is 0.989. The van der Waals surface area contributed by atoms with Crippen molar-refractivity contribution in [3.8, 4) is 0 Å². The van der Waals surface area contributed by atoms with Crippen molar-refractivity contribution in [2.75, 3.05) is 0 Å². The van der Waals surface area contributed by atoms with Gasteiger partial charge in [-0.1, -0.05) is 6.07 Å². The molecule has 0 bridgehead atoms. The molecule has 1 saturated carbocycles. The van der Waals surface area contributed by atoms with E-state index in [4.69, 9.17) is 5.73 Å². The van der Waals surface area contributed by atoms with Crippen molar-refractivity contribution >= 4 is 0 Å². The fourth-order valence-corrected chi connectivity index (χ4v) is 1.86. The molecule has 0 spiro atoms. The molecule has 1 nitrogen and oxygen atoms in total. The highest BCUT2D eigenvalue weighted by atomic mass is 19.1. The number of rotatable bonds is 3. The Morgan fingerprint density at radius 3 is 2.53 bits per heavy atom. The van der Waals surface area contributed by atoms with Crippen LogP contribution in [0.5, 0.6) is 0 Å². The van der Waals surface area contributed by atoms with E-state index in [1.165, 1.54) is 6.07 Å². The third kappa shape index (κ3) is 2.17. The minimum atomic E-state index is -0.744. The molecule has 0 heterocycles. The van der Waals surface area contributed by atoms with Gasteiger partial charge in [0.1, 0.15) is 12.5 Å². The molecule has 2 N–H and O–H groups in total. The van der Waals surface area contributed by atoms with E-state index in [0.29, 0.717) is 12.0 Å². The summed E-state index contributed by atoms with van der Waals surface area (Å²) in [5.74, 6) is -0.447. The van der Waals surface area contributed by atoms with Gasteiger partial charge >= 0.3 is 0 Å². The maximum atomic E-state index is 13.4. The van der Waals surface area contributed by atoms with E-state index in [0.717, 1.165) is 18.4 Å². The van der Waals surface area contributed by atoms with Gasteiger partial charge in [0.2, 0.25) is 0 Å². The largest absolute Gasteiger partial charge is 0.325 e. The molecular formula is C12H15F2N. The Kier molecular flexibility index (Phi) is 2.51. The Morgan fingerprint density at radius 1 is 1.40 bits per heavy atom.